The Balaban J connectivity index is 1.56. The lowest BCUT2D eigenvalue weighted by atomic mass is 10.0. The SMILES string of the molecule is Cc1cc2c(N3CCN(C)C(CCc4ccccc4)C3)c3ncccc3cc(=O)c2s1. The summed E-state index contributed by atoms with van der Waals surface area (Å²) < 4.78 is 0.838. The molecule has 0 saturated carbocycles. The summed E-state index contributed by atoms with van der Waals surface area (Å²) >= 11 is 1.59. The van der Waals surface area contributed by atoms with Crippen LogP contribution in [0.4, 0.5) is 5.69 Å². The number of hydrogen-bond acceptors (Lipinski definition) is 5. The molecule has 1 aliphatic heterocycles. The van der Waals surface area contributed by atoms with E-state index in [0.717, 1.165) is 59.2 Å². The highest BCUT2D eigenvalue weighted by Crippen LogP contribution is 2.36. The number of rotatable bonds is 4. The molecule has 5 heteroatoms. The Morgan fingerprint density at radius 3 is 2.77 bits per heavy atom. The van der Waals surface area contributed by atoms with Crippen LogP contribution in [0.15, 0.2) is 65.6 Å². The van der Waals surface area contributed by atoms with Crippen LogP contribution in [-0.2, 0) is 6.42 Å². The van der Waals surface area contributed by atoms with Crippen LogP contribution in [-0.4, -0.2) is 42.6 Å². The largest absolute Gasteiger partial charge is 0.366 e. The number of hydrogen-bond donors (Lipinski definition) is 0. The molecule has 158 valence electrons. The molecule has 0 bridgehead atoms. The fraction of sp³-hybridized carbons (Fsp3) is 0.308. The van der Waals surface area contributed by atoms with Crippen molar-refractivity contribution in [3.05, 3.63) is 81.5 Å². The van der Waals surface area contributed by atoms with E-state index in [9.17, 15) is 4.79 Å². The zero-order valence-corrected chi connectivity index (χ0v) is 18.9. The summed E-state index contributed by atoms with van der Waals surface area (Å²) in [5.41, 5.74) is 3.53. The fourth-order valence-corrected chi connectivity index (χ4v) is 5.62. The lowest BCUT2D eigenvalue weighted by Gasteiger charge is -2.41. The molecule has 0 amide bonds. The van der Waals surface area contributed by atoms with E-state index < -0.39 is 0 Å². The summed E-state index contributed by atoms with van der Waals surface area (Å²) in [6, 6.07) is 19.0. The van der Waals surface area contributed by atoms with Gasteiger partial charge < -0.3 is 4.90 Å². The van der Waals surface area contributed by atoms with Crippen LogP contribution >= 0.6 is 11.3 Å². The summed E-state index contributed by atoms with van der Waals surface area (Å²) in [7, 11) is 2.23. The summed E-state index contributed by atoms with van der Waals surface area (Å²) in [4.78, 5) is 23.8. The van der Waals surface area contributed by atoms with Crippen LogP contribution in [0.2, 0.25) is 0 Å². The van der Waals surface area contributed by atoms with Gasteiger partial charge in [0.15, 0.2) is 5.43 Å². The molecule has 31 heavy (non-hydrogen) atoms. The van der Waals surface area contributed by atoms with Crippen molar-refractivity contribution in [2.75, 3.05) is 31.6 Å². The van der Waals surface area contributed by atoms with Crippen LogP contribution in [0.3, 0.4) is 0 Å². The van der Waals surface area contributed by atoms with Crippen molar-refractivity contribution in [1.82, 2.24) is 9.88 Å². The smallest absolute Gasteiger partial charge is 0.197 e. The van der Waals surface area contributed by atoms with Crippen molar-refractivity contribution < 1.29 is 0 Å². The number of pyridine rings is 1. The number of aromatic nitrogens is 1. The monoisotopic (exact) mass is 429 g/mol. The molecule has 2 aromatic heterocycles. The normalized spacial score (nSPS) is 17.5. The Kier molecular flexibility index (Phi) is 5.47. The Hall–Kier alpha value is -2.76. The third-order valence-electron chi connectivity index (χ3n) is 6.39. The van der Waals surface area contributed by atoms with E-state index in [1.807, 2.05) is 18.3 Å². The van der Waals surface area contributed by atoms with Gasteiger partial charge in [-0.2, -0.15) is 0 Å². The van der Waals surface area contributed by atoms with Gasteiger partial charge in [-0.1, -0.05) is 36.4 Å². The van der Waals surface area contributed by atoms with Gasteiger partial charge in [-0.15, -0.1) is 11.3 Å². The minimum absolute atomic E-state index is 0.0899. The Bertz CT molecular complexity index is 1280. The predicted molar refractivity (Wildman–Crippen MR) is 132 cm³/mol. The maximum absolute atomic E-state index is 13.0. The number of likely N-dealkylation sites (N-methyl/N-ethyl adjacent to an activating group) is 1. The number of anilines is 1. The molecule has 0 aliphatic carbocycles. The maximum Gasteiger partial charge on any atom is 0.197 e. The van der Waals surface area contributed by atoms with Gasteiger partial charge in [-0.05, 0) is 50.6 Å². The highest BCUT2D eigenvalue weighted by atomic mass is 32.1. The first kappa shape index (κ1) is 20.2. The molecule has 0 spiro atoms. The highest BCUT2D eigenvalue weighted by Gasteiger charge is 2.27. The van der Waals surface area contributed by atoms with Crippen LogP contribution in [0.25, 0.3) is 21.0 Å². The second-order valence-electron chi connectivity index (χ2n) is 8.50. The maximum atomic E-state index is 13.0. The molecule has 3 heterocycles. The lowest BCUT2D eigenvalue weighted by Crippen LogP contribution is -2.51. The van der Waals surface area contributed by atoms with Crippen LogP contribution in [0, 0.1) is 6.92 Å². The first-order valence-corrected chi connectivity index (χ1v) is 11.7. The zero-order valence-electron chi connectivity index (χ0n) is 18.0. The zero-order chi connectivity index (χ0) is 21.4. The van der Waals surface area contributed by atoms with Gasteiger partial charge in [-0.25, -0.2) is 0 Å². The molecule has 1 fully saturated rings. The molecule has 4 nitrogen and oxygen atoms in total. The van der Waals surface area contributed by atoms with Crippen LogP contribution in [0.5, 0.6) is 0 Å². The van der Waals surface area contributed by atoms with E-state index in [1.165, 1.54) is 10.4 Å². The van der Waals surface area contributed by atoms with Crippen molar-refractivity contribution in [1.29, 1.82) is 0 Å². The molecule has 1 aliphatic rings. The van der Waals surface area contributed by atoms with E-state index in [4.69, 9.17) is 4.98 Å². The first-order valence-electron chi connectivity index (χ1n) is 10.9. The quantitative estimate of drug-likeness (QED) is 0.464. The Morgan fingerprint density at radius 1 is 1.10 bits per heavy atom. The Labute approximate surface area is 186 Å². The highest BCUT2D eigenvalue weighted by molar-refractivity contribution is 7.19. The first-order chi connectivity index (χ1) is 15.1. The molecule has 0 radical (unpaired) electrons. The van der Waals surface area contributed by atoms with Crippen molar-refractivity contribution in [2.45, 2.75) is 25.8 Å². The van der Waals surface area contributed by atoms with Gasteiger partial charge in [0.2, 0.25) is 0 Å². The van der Waals surface area contributed by atoms with Crippen molar-refractivity contribution >= 4 is 38.0 Å². The molecule has 2 aromatic carbocycles. The minimum atomic E-state index is 0.0899. The lowest BCUT2D eigenvalue weighted by molar-refractivity contribution is 0.208. The van der Waals surface area contributed by atoms with Gasteiger partial charge in [0.05, 0.1) is 15.9 Å². The number of fused-ring (bicyclic) bond motifs is 2. The predicted octanol–water partition coefficient (Wildman–Crippen LogP) is 4.87. The average molecular weight is 430 g/mol. The van der Waals surface area contributed by atoms with Gasteiger partial charge in [-0.3, -0.25) is 14.7 Å². The molecule has 1 unspecified atom stereocenters. The van der Waals surface area contributed by atoms with Crippen molar-refractivity contribution in [3.8, 4) is 0 Å². The number of nitrogens with zero attached hydrogens (tertiary/aromatic N) is 3. The third-order valence-corrected chi connectivity index (χ3v) is 7.45. The molecule has 0 N–H and O–H groups in total. The minimum Gasteiger partial charge on any atom is -0.366 e. The molecule has 4 aromatic rings. The fourth-order valence-electron chi connectivity index (χ4n) is 4.70. The average Bonchev–Trinajstić information content (AvgIpc) is 3.12. The van der Waals surface area contributed by atoms with E-state index >= 15 is 0 Å². The number of thiophene rings is 1. The number of benzene rings is 1. The van der Waals surface area contributed by atoms with Crippen LogP contribution < -0.4 is 10.3 Å². The second-order valence-corrected chi connectivity index (χ2v) is 9.76. The summed E-state index contributed by atoms with van der Waals surface area (Å²) in [6.07, 6.45) is 4.02. The van der Waals surface area contributed by atoms with Gasteiger partial charge in [0.1, 0.15) is 0 Å². The third kappa shape index (κ3) is 3.95. The molecule has 1 atom stereocenters. The standard InChI is InChI=1S/C26H27N3OS/c1-18-15-22-25(24-20(9-6-12-27-24)16-23(30)26(22)31-18)29-14-13-28(2)21(17-29)11-10-19-7-4-3-5-8-19/h3-9,12,15-16,21H,10-11,13-14,17H2,1-2H3. The van der Waals surface area contributed by atoms with Crippen LogP contribution in [0.1, 0.15) is 16.9 Å². The summed E-state index contributed by atoms with van der Waals surface area (Å²) in [5, 5.41) is 1.97. The molecule has 5 rings (SSSR count). The number of piperazine rings is 1. The summed E-state index contributed by atoms with van der Waals surface area (Å²) in [6.45, 7) is 4.96. The van der Waals surface area contributed by atoms with Crippen molar-refractivity contribution in [3.63, 3.8) is 0 Å². The van der Waals surface area contributed by atoms with Crippen molar-refractivity contribution in [2.24, 2.45) is 0 Å². The number of aryl methyl sites for hydroxylation is 2. The molecule has 1 saturated heterocycles. The van der Waals surface area contributed by atoms with E-state index in [2.05, 4.69) is 60.2 Å². The van der Waals surface area contributed by atoms with Gasteiger partial charge >= 0.3 is 0 Å². The Morgan fingerprint density at radius 2 is 1.94 bits per heavy atom. The van der Waals surface area contributed by atoms with Gasteiger partial charge in [0, 0.05) is 47.5 Å². The topological polar surface area (TPSA) is 36.4 Å². The van der Waals surface area contributed by atoms with Gasteiger partial charge in [0.25, 0.3) is 0 Å². The van der Waals surface area contributed by atoms with E-state index in [0.29, 0.717) is 6.04 Å². The van der Waals surface area contributed by atoms with E-state index in [-0.39, 0.29) is 5.43 Å². The molecular weight excluding hydrogens is 402 g/mol. The molecular formula is C26H27N3OS. The van der Waals surface area contributed by atoms with E-state index in [1.54, 1.807) is 17.4 Å². The summed E-state index contributed by atoms with van der Waals surface area (Å²) in [5.74, 6) is 0. The second kappa shape index (κ2) is 8.40.